The molecule has 0 aliphatic carbocycles. The lowest BCUT2D eigenvalue weighted by Crippen LogP contribution is -2.19. The van der Waals surface area contributed by atoms with E-state index in [0.717, 1.165) is 0 Å². The second-order valence-corrected chi connectivity index (χ2v) is 8.79. The van der Waals surface area contributed by atoms with Gasteiger partial charge in [-0.15, -0.1) is 0 Å². The number of nitrogens with one attached hydrogen (secondary N) is 2. The van der Waals surface area contributed by atoms with Crippen molar-refractivity contribution < 1.29 is 13.2 Å². The molecule has 0 aliphatic heterocycles. The van der Waals surface area contributed by atoms with Crippen molar-refractivity contribution in [2.45, 2.75) is 4.90 Å². The zero-order valence-electron chi connectivity index (χ0n) is 15.6. The van der Waals surface area contributed by atoms with Gasteiger partial charge in [0.05, 0.1) is 26.8 Å². The van der Waals surface area contributed by atoms with Crippen LogP contribution in [0.3, 0.4) is 0 Å². The van der Waals surface area contributed by atoms with Gasteiger partial charge < -0.3 is 5.32 Å². The number of aromatic nitrogens is 2. The number of sulfonamides is 1. The van der Waals surface area contributed by atoms with Crippen LogP contribution in [0, 0.1) is 6.07 Å². The molecule has 10 heteroatoms. The highest BCUT2D eigenvalue weighted by Gasteiger charge is 2.23. The monoisotopic (exact) mass is 471 g/mol. The van der Waals surface area contributed by atoms with E-state index in [0.29, 0.717) is 11.2 Å². The first-order valence-electron chi connectivity index (χ1n) is 8.85. The van der Waals surface area contributed by atoms with Crippen LogP contribution in [0.5, 0.6) is 0 Å². The first-order valence-corrected chi connectivity index (χ1v) is 11.1. The van der Waals surface area contributed by atoms with E-state index in [1.54, 1.807) is 36.4 Å². The molecule has 1 aromatic heterocycles. The highest BCUT2D eigenvalue weighted by atomic mass is 35.5. The van der Waals surface area contributed by atoms with Gasteiger partial charge in [-0.2, -0.15) is 0 Å². The van der Waals surface area contributed by atoms with Gasteiger partial charge in [-0.1, -0.05) is 47.5 Å². The molecule has 0 bridgehead atoms. The molecule has 4 rings (SSSR count). The smallest absolute Gasteiger partial charge is 0.264 e. The molecular weight excluding hydrogens is 459 g/mol. The Morgan fingerprint density at radius 3 is 2.52 bits per heavy atom. The van der Waals surface area contributed by atoms with E-state index in [2.05, 4.69) is 26.1 Å². The van der Waals surface area contributed by atoms with Gasteiger partial charge in [0.1, 0.15) is 10.4 Å². The molecule has 2 N–H and O–H groups in total. The molecule has 0 atom stereocenters. The van der Waals surface area contributed by atoms with Crippen molar-refractivity contribution in [1.29, 1.82) is 0 Å². The minimum Gasteiger partial charge on any atom is -0.321 e. The van der Waals surface area contributed by atoms with Gasteiger partial charge in [0.2, 0.25) is 0 Å². The summed E-state index contributed by atoms with van der Waals surface area (Å²) in [4.78, 5) is 21.0. The van der Waals surface area contributed by atoms with Gasteiger partial charge >= 0.3 is 0 Å². The number of amides is 1. The zero-order chi connectivity index (χ0) is 22.0. The number of nitrogens with zero attached hydrogens (tertiary/aromatic N) is 2. The third-order valence-electron chi connectivity index (χ3n) is 4.26. The number of fused-ring (bicyclic) bond motifs is 1. The Hall–Kier alpha value is -3.20. The summed E-state index contributed by atoms with van der Waals surface area (Å²) in [7, 11) is -4.14. The predicted molar refractivity (Wildman–Crippen MR) is 120 cm³/mol. The van der Waals surface area contributed by atoms with Crippen LogP contribution in [0.25, 0.3) is 11.0 Å². The van der Waals surface area contributed by atoms with E-state index in [1.807, 2.05) is 0 Å². The van der Waals surface area contributed by atoms with Crippen molar-refractivity contribution in [2.75, 3.05) is 10.0 Å². The van der Waals surface area contributed by atoms with Crippen LogP contribution in [-0.2, 0) is 10.0 Å². The van der Waals surface area contributed by atoms with Crippen LogP contribution >= 0.6 is 23.2 Å². The number of halogens is 2. The first-order chi connectivity index (χ1) is 14.8. The van der Waals surface area contributed by atoms with E-state index in [4.69, 9.17) is 23.2 Å². The molecule has 1 radical (unpaired) electrons. The lowest BCUT2D eigenvalue weighted by molar-refractivity contribution is 0.102. The summed E-state index contributed by atoms with van der Waals surface area (Å²) in [6.07, 6.45) is 2.86. The van der Waals surface area contributed by atoms with Crippen molar-refractivity contribution >= 4 is 61.5 Å². The maximum Gasteiger partial charge on any atom is 0.264 e. The van der Waals surface area contributed by atoms with Gasteiger partial charge in [0.25, 0.3) is 15.9 Å². The summed E-state index contributed by atoms with van der Waals surface area (Å²) in [5.41, 5.74) is 0.974. The minimum absolute atomic E-state index is 0.0125. The lowest BCUT2D eigenvalue weighted by Gasteiger charge is -2.15. The third kappa shape index (κ3) is 4.46. The van der Waals surface area contributed by atoms with Crippen molar-refractivity contribution in [1.82, 2.24) is 9.97 Å². The second kappa shape index (κ2) is 8.50. The van der Waals surface area contributed by atoms with Crippen molar-refractivity contribution in [3.05, 3.63) is 88.7 Å². The fourth-order valence-corrected chi connectivity index (χ4v) is 4.43. The van der Waals surface area contributed by atoms with Gasteiger partial charge in [-0.3, -0.25) is 19.5 Å². The van der Waals surface area contributed by atoms with Gasteiger partial charge in [0, 0.05) is 24.1 Å². The lowest BCUT2D eigenvalue weighted by atomic mass is 10.1. The van der Waals surface area contributed by atoms with E-state index in [9.17, 15) is 13.2 Å². The first kappa shape index (κ1) is 21.0. The number of para-hydroxylation sites is 2. The topological polar surface area (TPSA) is 101 Å². The summed E-state index contributed by atoms with van der Waals surface area (Å²) in [5.74, 6) is -0.587. The number of hydrogen-bond acceptors (Lipinski definition) is 5. The van der Waals surface area contributed by atoms with Crippen LogP contribution in [0.2, 0.25) is 10.0 Å². The van der Waals surface area contributed by atoms with Gasteiger partial charge in [-0.25, -0.2) is 8.42 Å². The molecule has 0 fully saturated rings. The quantitative estimate of drug-likeness (QED) is 0.435. The molecule has 1 heterocycles. The second-order valence-electron chi connectivity index (χ2n) is 6.33. The van der Waals surface area contributed by atoms with E-state index < -0.39 is 15.9 Å². The Kier molecular flexibility index (Phi) is 5.77. The molecule has 7 nitrogen and oxygen atoms in total. The van der Waals surface area contributed by atoms with E-state index in [-0.39, 0.29) is 31.7 Å². The average molecular weight is 472 g/mol. The number of carbonyl (C=O) groups is 1. The molecule has 1 amide bonds. The number of rotatable bonds is 5. The molecule has 31 heavy (non-hydrogen) atoms. The molecule has 155 valence electrons. The van der Waals surface area contributed by atoms with Gasteiger partial charge in [0.15, 0.2) is 0 Å². The fraction of sp³-hybridized carbons (Fsp3) is 0. The van der Waals surface area contributed by atoms with Crippen molar-refractivity contribution in [2.24, 2.45) is 0 Å². The van der Waals surface area contributed by atoms with Crippen LogP contribution in [0.15, 0.2) is 71.9 Å². The van der Waals surface area contributed by atoms with Crippen LogP contribution in [-0.4, -0.2) is 24.3 Å². The summed E-state index contributed by atoms with van der Waals surface area (Å²) in [6, 6.07) is 16.8. The molecule has 0 saturated carbocycles. The largest absolute Gasteiger partial charge is 0.321 e. The third-order valence-corrected chi connectivity index (χ3v) is 6.38. The Morgan fingerprint density at radius 1 is 0.968 bits per heavy atom. The van der Waals surface area contributed by atoms with Crippen LogP contribution < -0.4 is 10.0 Å². The van der Waals surface area contributed by atoms with Crippen LogP contribution in [0.1, 0.15) is 10.4 Å². The standard InChI is InChI=1S/C21H13Cl2N4O3S/c22-15-11-14(21(28)26-13-5-2-1-3-6-13)18(12-16(15)23)27-31(29,30)19-8-4-7-17-20(19)25-10-9-24-17/h1-5,7-12,27H,(H,26,28). The number of carbonyl (C=O) groups excluding carboxylic acids is 1. The maximum atomic E-state index is 13.2. The highest BCUT2D eigenvalue weighted by molar-refractivity contribution is 7.93. The molecular formula is C21H13Cl2N4O3S. The molecule has 0 aliphatic rings. The van der Waals surface area contributed by atoms with Crippen molar-refractivity contribution in [3.8, 4) is 0 Å². The normalized spacial score (nSPS) is 11.3. The summed E-state index contributed by atoms with van der Waals surface area (Å²) in [5, 5.41) is 2.83. The van der Waals surface area contributed by atoms with Gasteiger partial charge in [-0.05, 0) is 30.3 Å². The summed E-state index contributed by atoms with van der Waals surface area (Å²) < 4.78 is 28.7. The van der Waals surface area contributed by atoms with Crippen LogP contribution in [0.4, 0.5) is 11.4 Å². The Bertz CT molecular complexity index is 1390. The Morgan fingerprint density at radius 2 is 1.74 bits per heavy atom. The number of hydrogen-bond donors (Lipinski definition) is 2. The van der Waals surface area contributed by atoms with Crippen molar-refractivity contribution in [3.63, 3.8) is 0 Å². The fourth-order valence-electron chi connectivity index (χ4n) is 2.86. The molecule has 0 spiro atoms. The molecule has 0 unspecified atom stereocenters. The Balaban J connectivity index is 1.75. The Labute approximate surface area is 188 Å². The average Bonchev–Trinajstić information content (AvgIpc) is 2.76. The highest BCUT2D eigenvalue weighted by Crippen LogP contribution is 2.32. The molecule has 3 aromatic carbocycles. The summed E-state index contributed by atoms with van der Waals surface area (Å²) >= 11 is 12.2. The summed E-state index contributed by atoms with van der Waals surface area (Å²) in [6.45, 7) is 0. The SMILES string of the molecule is O=C(Nc1[c]cccc1)c1cc(Cl)c(Cl)cc1NS(=O)(=O)c1cccc2nccnc12. The zero-order valence-corrected chi connectivity index (χ0v) is 18.0. The van der Waals surface area contributed by atoms with E-state index in [1.165, 1.54) is 30.6 Å². The predicted octanol–water partition coefficient (Wildman–Crippen LogP) is 4.79. The minimum atomic E-state index is -4.14. The number of anilines is 2. The number of benzene rings is 3. The maximum absolute atomic E-state index is 13.2. The molecule has 4 aromatic rings. The molecule has 0 saturated heterocycles. The van der Waals surface area contributed by atoms with E-state index >= 15 is 0 Å².